The van der Waals surface area contributed by atoms with Gasteiger partial charge in [-0.3, -0.25) is 0 Å². The summed E-state index contributed by atoms with van der Waals surface area (Å²) in [6.07, 6.45) is 1.80. The van der Waals surface area contributed by atoms with Gasteiger partial charge in [0.2, 0.25) is 0 Å². The number of hydrogen-bond donors (Lipinski definition) is 1. The number of fused-ring (bicyclic) bond motifs is 1. The van der Waals surface area contributed by atoms with Gasteiger partial charge in [0.05, 0.1) is 0 Å². The van der Waals surface area contributed by atoms with E-state index in [0.717, 1.165) is 26.6 Å². The minimum atomic E-state index is -0.341. The summed E-state index contributed by atoms with van der Waals surface area (Å²) in [5.74, 6) is 0.883. The van der Waals surface area contributed by atoms with Crippen molar-refractivity contribution in [2.75, 3.05) is 12.4 Å². The zero-order valence-electron chi connectivity index (χ0n) is 17.0. The normalized spacial score (nSPS) is 11.6. The Morgan fingerprint density at radius 2 is 1.87 bits per heavy atom. The molecule has 0 spiro atoms. The number of imidazole rings is 1. The van der Waals surface area contributed by atoms with Crippen molar-refractivity contribution in [2.24, 2.45) is 0 Å². The van der Waals surface area contributed by atoms with E-state index >= 15 is 0 Å². The maximum atomic E-state index is 14.1. The third-order valence-corrected chi connectivity index (χ3v) is 7.03. The van der Waals surface area contributed by atoms with Crippen LogP contribution in [0.25, 0.3) is 11.2 Å². The summed E-state index contributed by atoms with van der Waals surface area (Å²) < 4.78 is 22.3. The summed E-state index contributed by atoms with van der Waals surface area (Å²) in [6, 6.07) is 14.8. The Bertz CT molecular complexity index is 1160. The summed E-state index contributed by atoms with van der Waals surface area (Å²) in [5.41, 5.74) is 3.15. The molecule has 0 fully saturated rings. The van der Waals surface area contributed by atoms with Crippen molar-refractivity contribution in [3.8, 4) is 5.75 Å². The van der Waals surface area contributed by atoms with Crippen LogP contribution >= 0.6 is 0 Å². The molecule has 0 bridgehead atoms. The van der Waals surface area contributed by atoms with Crippen molar-refractivity contribution in [3.05, 3.63) is 66.2 Å². The number of halogens is 1. The average Bonchev–Trinajstić information content (AvgIpc) is 3.18. The number of nitrogens with one attached hydrogen (secondary N) is 1. The van der Waals surface area contributed by atoms with Gasteiger partial charge in [0.25, 0.3) is 0 Å². The maximum absolute atomic E-state index is 14.1. The summed E-state index contributed by atoms with van der Waals surface area (Å²) in [6.45, 7) is 4.16. The summed E-state index contributed by atoms with van der Waals surface area (Å²) >= 11 is -0.305. The molecular weight excluding hydrogens is 444 g/mol. The number of hydrogen-bond acceptors (Lipinski definition) is 5. The molecule has 1 radical (unpaired) electrons. The van der Waals surface area contributed by atoms with E-state index in [4.69, 9.17) is 9.72 Å². The van der Waals surface area contributed by atoms with E-state index in [2.05, 4.69) is 41.3 Å². The Balaban J connectivity index is 1.68. The molecule has 0 aliphatic carbocycles. The van der Waals surface area contributed by atoms with Crippen LogP contribution in [0.2, 0.25) is 0 Å². The van der Waals surface area contributed by atoms with Crippen molar-refractivity contribution in [3.63, 3.8) is 0 Å². The Labute approximate surface area is 181 Å². The molecule has 0 saturated heterocycles. The van der Waals surface area contributed by atoms with Gasteiger partial charge in [-0.1, -0.05) is 0 Å². The van der Waals surface area contributed by atoms with Crippen LogP contribution in [-0.4, -0.2) is 42.4 Å². The van der Waals surface area contributed by atoms with Gasteiger partial charge in [0.1, 0.15) is 0 Å². The molecule has 30 heavy (non-hydrogen) atoms. The van der Waals surface area contributed by atoms with Crippen LogP contribution in [0.1, 0.15) is 25.5 Å². The number of nitrogens with zero attached hydrogens (tertiary/aromatic N) is 4. The van der Waals surface area contributed by atoms with E-state index in [1.807, 2.05) is 16.7 Å². The second-order valence-corrected chi connectivity index (χ2v) is 9.27. The molecule has 0 aliphatic heterocycles. The minimum absolute atomic E-state index is 0.205. The van der Waals surface area contributed by atoms with Crippen LogP contribution in [0.5, 0.6) is 5.75 Å². The molecule has 1 N–H and O–H groups in total. The Kier molecular flexibility index (Phi) is 6.00. The van der Waals surface area contributed by atoms with Crippen molar-refractivity contribution in [1.29, 1.82) is 0 Å². The van der Waals surface area contributed by atoms with Gasteiger partial charge in [-0.05, 0) is 0 Å². The number of ether oxygens (including phenoxy) is 1. The number of rotatable bonds is 7. The number of methoxy groups -OCH3 is 1. The molecule has 0 unspecified atom stereocenters. The first-order valence-electron chi connectivity index (χ1n) is 9.61. The van der Waals surface area contributed by atoms with Gasteiger partial charge >= 0.3 is 181 Å². The van der Waals surface area contributed by atoms with Gasteiger partial charge in [0, 0.05) is 0 Å². The fraction of sp³-hybridized carbons (Fsp3) is 0.227. The van der Waals surface area contributed by atoms with Gasteiger partial charge in [-0.2, -0.15) is 0 Å². The number of benzene rings is 2. The molecule has 2 aromatic carbocycles. The molecular formula is C22H22AsFN5O. The monoisotopic (exact) mass is 466 g/mol. The van der Waals surface area contributed by atoms with Crippen molar-refractivity contribution >= 4 is 43.0 Å². The molecule has 0 atom stereocenters. The first-order chi connectivity index (χ1) is 14.5. The summed E-state index contributed by atoms with van der Waals surface area (Å²) in [4.78, 5) is 13.9. The number of aromatic nitrogens is 4. The molecule has 153 valence electrons. The van der Waals surface area contributed by atoms with E-state index < -0.39 is 0 Å². The van der Waals surface area contributed by atoms with E-state index in [9.17, 15) is 4.39 Å². The molecule has 4 rings (SSSR count). The van der Waals surface area contributed by atoms with Crippen LogP contribution in [0.15, 0.2) is 54.9 Å². The molecule has 0 saturated carbocycles. The van der Waals surface area contributed by atoms with Gasteiger partial charge in [-0.15, -0.1) is 0 Å². The van der Waals surface area contributed by atoms with E-state index in [0.29, 0.717) is 11.6 Å². The molecule has 4 aromatic rings. The predicted octanol–water partition coefficient (Wildman–Crippen LogP) is 3.83. The average molecular weight is 466 g/mol. The second kappa shape index (κ2) is 8.84. The van der Waals surface area contributed by atoms with Crippen LogP contribution in [0.4, 0.5) is 16.0 Å². The first-order valence-corrected chi connectivity index (χ1v) is 11.9. The molecule has 2 heterocycles. The Morgan fingerprint density at radius 1 is 1.10 bits per heavy atom. The fourth-order valence-electron chi connectivity index (χ4n) is 3.03. The van der Waals surface area contributed by atoms with E-state index in [-0.39, 0.29) is 27.6 Å². The van der Waals surface area contributed by atoms with Crippen LogP contribution in [0.3, 0.4) is 0 Å². The molecule has 0 amide bonds. The Hall–Kier alpha value is -2.92. The predicted molar refractivity (Wildman–Crippen MR) is 117 cm³/mol. The standard InChI is InChI=1S/C22H22AsFN5O/c1-14(2)29-13-25-19-20(23-12-15-8-10-16(30-3)11-9-15)27-22(28-21(19)29)26-18-7-5-4-6-17(18)24/h4-11,13-14H,12H2,1-3H3,(H,26,27,28). The summed E-state index contributed by atoms with van der Waals surface area (Å²) in [7, 11) is 1.66. The van der Waals surface area contributed by atoms with Crippen molar-refractivity contribution in [2.45, 2.75) is 25.1 Å². The van der Waals surface area contributed by atoms with E-state index in [1.165, 1.54) is 11.6 Å². The number of anilines is 2. The zero-order valence-corrected chi connectivity index (χ0v) is 18.9. The topological polar surface area (TPSA) is 64.9 Å². The fourth-order valence-corrected chi connectivity index (χ4v) is 5.16. The molecule has 0 aliphatic rings. The zero-order chi connectivity index (χ0) is 21.1. The van der Waals surface area contributed by atoms with Crippen LogP contribution in [0, 0.1) is 5.82 Å². The van der Waals surface area contributed by atoms with Gasteiger partial charge in [-0.25, -0.2) is 0 Å². The second-order valence-electron chi connectivity index (χ2n) is 7.06. The SMILES string of the molecule is COc1ccc(C[As]c2nc(Nc3ccccc3F)nc3c2ncn3C(C)C)cc1. The Morgan fingerprint density at radius 3 is 2.57 bits per heavy atom. The first kappa shape index (κ1) is 20.4. The quantitative estimate of drug-likeness (QED) is 0.420. The third kappa shape index (κ3) is 4.31. The summed E-state index contributed by atoms with van der Waals surface area (Å²) in [5, 5.41) is 3.92. The molecule has 8 heteroatoms. The van der Waals surface area contributed by atoms with Crippen molar-refractivity contribution < 1.29 is 9.13 Å². The molecule has 2 aromatic heterocycles. The van der Waals surface area contributed by atoms with Gasteiger partial charge in [0.15, 0.2) is 0 Å². The molecule has 6 nitrogen and oxygen atoms in total. The van der Waals surface area contributed by atoms with Gasteiger partial charge < -0.3 is 0 Å². The van der Waals surface area contributed by atoms with Crippen LogP contribution < -0.4 is 14.5 Å². The third-order valence-electron chi connectivity index (χ3n) is 4.65. The van der Waals surface area contributed by atoms with Crippen LogP contribution in [-0.2, 0) is 5.21 Å². The van der Waals surface area contributed by atoms with Crippen molar-refractivity contribution in [1.82, 2.24) is 19.5 Å². The number of para-hydroxylation sites is 1. The van der Waals surface area contributed by atoms with E-state index in [1.54, 1.807) is 31.6 Å².